The molecule has 3 aliphatic heterocycles. The van der Waals surface area contributed by atoms with Crippen LogP contribution >= 0.6 is 11.9 Å². The number of piperazine rings is 1. The van der Waals surface area contributed by atoms with E-state index in [9.17, 15) is 37.1 Å². The van der Waals surface area contributed by atoms with E-state index in [1.54, 1.807) is 44.0 Å². The minimum absolute atomic E-state index is 0.0212. The smallest absolute Gasteiger partial charge is 0.377 e. The van der Waals surface area contributed by atoms with Crippen LogP contribution < -0.4 is 10.6 Å². The first-order chi connectivity index (χ1) is 27.3. The monoisotopic (exact) mass is 826 g/mol. The SMILES string of the molecule is C[C@@H]1CN(CCOC2CCC(N3C(=O)N(Sc4ccc(C#N)c(C(F)(F)F)c4)C(=O)C3(C)C)CC2)C[C@H](C)N1CC(=O)Nc1ccc(C2(C)CCC(=O)NC2=O)cn1. The Morgan fingerprint density at radius 1 is 1.05 bits per heavy atom. The first-order valence-corrected chi connectivity index (χ1v) is 20.3. The molecule has 1 aliphatic carbocycles. The second-order valence-corrected chi connectivity index (χ2v) is 17.4. The number of hydrogen-bond donors (Lipinski definition) is 2. The standard InChI is InChI=1S/C40H49F3N8O6S/c1-24-21-48(22-25(2)49(24)23-34(53)46-32-13-7-27(20-45-32)39(5)15-14-33(52)47-35(39)54)16-17-57-29-10-8-28(9-11-29)50-37(56)51(36(55)38(50,3)4)58-30-12-6-26(19-44)31(18-30)40(41,42)43/h6-7,12-13,18,20,24-25,28-29H,8-11,14-17,21-23H2,1-5H3,(H,45,46,53)(H,47,52,54)/t24-,25+,28?,29?,39?. The van der Waals surface area contributed by atoms with Crippen molar-refractivity contribution in [2.45, 2.75) is 119 Å². The van der Waals surface area contributed by atoms with Crippen LogP contribution in [0.1, 0.15) is 89.8 Å². The van der Waals surface area contributed by atoms with Crippen molar-refractivity contribution in [3.05, 3.63) is 53.2 Å². The van der Waals surface area contributed by atoms with Crippen molar-refractivity contribution in [3.8, 4) is 6.07 Å². The van der Waals surface area contributed by atoms with E-state index in [1.165, 1.54) is 12.1 Å². The lowest BCUT2D eigenvalue weighted by Crippen LogP contribution is -2.58. The molecule has 6 rings (SSSR count). The van der Waals surface area contributed by atoms with E-state index in [0.717, 1.165) is 29.5 Å². The van der Waals surface area contributed by atoms with Gasteiger partial charge in [0.05, 0.1) is 41.9 Å². The molecule has 4 fully saturated rings. The van der Waals surface area contributed by atoms with E-state index in [1.807, 2.05) is 0 Å². The molecule has 1 aromatic carbocycles. The second kappa shape index (κ2) is 17.0. The van der Waals surface area contributed by atoms with Crippen molar-refractivity contribution in [1.82, 2.24) is 29.3 Å². The van der Waals surface area contributed by atoms with Crippen LogP contribution in [0.4, 0.5) is 23.8 Å². The molecule has 6 amide bonds. The molecular weight excluding hydrogens is 778 g/mol. The fraction of sp³-hybridized carbons (Fsp3) is 0.575. The molecule has 4 heterocycles. The molecule has 58 heavy (non-hydrogen) atoms. The molecule has 2 aromatic rings. The van der Waals surface area contributed by atoms with Gasteiger partial charge in [-0.05, 0) is 108 Å². The molecule has 312 valence electrons. The van der Waals surface area contributed by atoms with Crippen LogP contribution in [-0.2, 0) is 35.5 Å². The van der Waals surface area contributed by atoms with Crippen molar-refractivity contribution in [2.75, 3.05) is 38.1 Å². The van der Waals surface area contributed by atoms with Crippen LogP contribution in [0.3, 0.4) is 0 Å². The minimum atomic E-state index is -4.77. The number of halogens is 3. The van der Waals surface area contributed by atoms with Gasteiger partial charge in [-0.1, -0.05) is 6.07 Å². The number of aromatic nitrogens is 1. The van der Waals surface area contributed by atoms with E-state index in [2.05, 4.69) is 39.3 Å². The fourth-order valence-electron chi connectivity index (χ4n) is 8.49. The van der Waals surface area contributed by atoms with Crippen molar-refractivity contribution >= 4 is 47.4 Å². The molecule has 0 bridgehead atoms. The van der Waals surface area contributed by atoms with Gasteiger partial charge < -0.3 is 15.0 Å². The summed E-state index contributed by atoms with van der Waals surface area (Å²) in [5.74, 6) is -0.979. The van der Waals surface area contributed by atoms with Crippen molar-refractivity contribution < 1.29 is 41.9 Å². The molecular formula is C40H49F3N8O6S. The fourth-order valence-corrected chi connectivity index (χ4v) is 9.47. The van der Waals surface area contributed by atoms with Crippen molar-refractivity contribution in [1.29, 1.82) is 5.26 Å². The summed E-state index contributed by atoms with van der Waals surface area (Å²) >= 11 is 0.631. The number of nitrogens with zero attached hydrogens (tertiary/aromatic N) is 6. The van der Waals surface area contributed by atoms with Gasteiger partial charge in [0.1, 0.15) is 11.4 Å². The summed E-state index contributed by atoms with van der Waals surface area (Å²) in [4.78, 5) is 74.6. The number of pyridine rings is 1. The van der Waals surface area contributed by atoms with Crippen LogP contribution in [0, 0.1) is 11.3 Å². The third-order valence-corrected chi connectivity index (χ3v) is 12.8. The lowest BCUT2D eigenvalue weighted by Gasteiger charge is -2.44. The Labute approximate surface area is 339 Å². The van der Waals surface area contributed by atoms with Crippen LogP contribution in [0.2, 0.25) is 0 Å². The van der Waals surface area contributed by atoms with Crippen LogP contribution in [0.15, 0.2) is 41.4 Å². The number of hydrogen-bond acceptors (Lipinski definition) is 11. The molecule has 0 radical (unpaired) electrons. The maximum atomic E-state index is 13.6. The van der Waals surface area contributed by atoms with Gasteiger partial charge in [0, 0.05) is 55.3 Å². The Morgan fingerprint density at radius 3 is 2.34 bits per heavy atom. The van der Waals surface area contributed by atoms with E-state index in [4.69, 9.17) is 10.00 Å². The van der Waals surface area contributed by atoms with Gasteiger partial charge in [-0.25, -0.2) is 9.78 Å². The van der Waals surface area contributed by atoms with E-state index in [-0.39, 0.29) is 59.8 Å². The topological polar surface area (TPSA) is 168 Å². The summed E-state index contributed by atoms with van der Waals surface area (Å²) in [6, 6.07) is 7.46. The van der Waals surface area contributed by atoms with Gasteiger partial charge in [0.2, 0.25) is 17.7 Å². The zero-order valence-corrected chi connectivity index (χ0v) is 34.0. The number of amides is 6. The summed E-state index contributed by atoms with van der Waals surface area (Å²) in [5.41, 5.74) is -3.05. The molecule has 18 heteroatoms. The van der Waals surface area contributed by atoms with Crippen LogP contribution in [0.5, 0.6) is 0 Å². The quantitative estimate of drug-likeness (QED) is 0.176. The number of piperidine rings is 1. The normalized spacial score (nSPS) is 27.1. The Hall–Kier alpha value is -4.57. The molecule has 1 unspecified atom stereocenters. The number of alkyl halides is 3. The van der Waals surface area contributed by atoms with Crippen molar-refractivity contribution in [3.63, 3.8) is 0 Å². The summed E-state index contributed by atoms with van der Waals surface area (Å²) in [5, 5.41) is 14.4. The van der Waals surface area contributed by atoms with Crippen LogP contribution in [0.25, 0.3) is 0 Å². The Morgan fingerprint density at radius 2 is 1.74 bits per heavy atom. The lowest BCUT2D eigenvalue weighted by atomic mass is 9.76. The van der Waals surface area contributed by atoms with Gasteiger partial charge in [-0.2, -0.15) is 22.7 Å². The molecule has 0 spiro atoms. The number of carbonyl (C=O) groups is 5. The largest absolute Gasteiger partial charge is 0.417 e. The van der Waals surface area contributed by atoms with Gasteiger partial charge in [-0.15, -0.1) is 0 Å². The highest BCUT2D eigenvalue weighted by atomic mass is 32.2. The first kappa shape index (κ1) is 43.0. The van der Waals surface area contributed by atoms with E-state index in [0.29, 0.717) is 68.6 Å². The second-order valence-electron chi connectivity index (χ2n) is 16.3. The highest BCUT2D eigenvalue weighted by Crippen LogP contribution is 2.42. The highest BCUT2D eigenvalue weighted by Gasteiger charge is 2.55. The molecule has 3 atom stereocenters. The van der Waals surface area contributed by atoms with E-state index < -0.39 is 40.2 Å². The van der Waals surface area contributed by atoms with Gasteiger partial charge in [-0.3, -0.25) is 34.3 Å². The number of carbonyl (C=O) groups excluding carboxylic acids is 5. The predicted molar refractivity (Wildman–Crippen MR) is 207 cm³/mol. The summed E-state index contributed by atoms with van der Waals surface area (Å²) in [7, 11) is 0. The number of urea groups is 1. The summed E-state index contributed by atoms with van der Waals surface area (Å²) in [6.07, 6.45) is -0.0129. The average Bonchev–Trinajstić information content (AvgIpc) is 3.33. The number of benzene rings is 1. The maximum absolute atomic E-state index is 13.6. The highest BCUT2D eigenvalue weighted by molar-refractivity contribution is 7.98. The van der Waals surface area contributed by atoms with Gasteiger partial charge in [0.15, 0.2) is 0 Å². The first-order valence-electron chi connectivity index (χ1n) is 19.5. The molecule has 3 saturated heterocycles. The number of imide groups is 2. The van der Waals surface area contributed by atoms with E-state index >= 15 is 0 Å². The summed E-state index contributed by atoms with van der Waals surface area (Å²) < 4.78 is 47.9. The number of anilines is 1. The predicted octanol–water partition coefficient (Wildman–Crippen LogP) is 5.08. The number of nitrogens with one attached hydrogen (secondary N) is 2. The third-order valence-electron chi connectivity index (χ3n) is 11.9. The number of ether oxygens (including phenoxy) is 1. The van der Waals surface area contributed by atoms with Crippen LogP contribution in [-0.4, -0.2) is 116 Å². The zero-order valence-electron chi connectivity index (χ0n) is 33.2. The van der Waals surface area contributed by atoms with Gasteiger partial charge >= 0.3 is 12.2 Å². The maximum Gasteiger partial charge on any atom is 0.417 e. The Balaban J connectivity index is 0.934. The molecule has 1 aromatic heterocycles. The molecule has 14 nitrogen and oxygen atoms in total. The van der Waals surface area contributed by atoms with Gasteiger partial charge in [0.25, 0.3) is 5.91 Å². The number of nitriles is 1. The Bertz CT molecular complexity index is 1960. The Kier molecular flexibility index (Phi) is 12.6. The molecule has 2 N–H and O–H groups in total. The molecule has 1 saturated carbocycles. The summed E-state index contributed by atoms with van der Waals surface area (Å²) in [6.45, 7) is 12.1. The average molecular weight is 827 g/mol. The molecule has 4 aliphatic rings. The lowest BCUT2D eigenvalue weighted by molar-refractivity contribution is -0.138. The van der Waals surface area contributed by atoms with Crippen molar-refractivity contribution in [2.24, 2.45) is 0 Å². The zero-order chi connectivity index (χ0) is 42.2. The number of rotatable bonds is 11. The third kappa shape index (κ3) is 9.02. The minimum Gasteiger partial charge on any atom is -0.377 e.